The molecule has 84 valence electrons. The standard InChI is InChI=1S/C11H11Cl2N3/c12-7-1-2-8(10(13)5-7)9(6-14)11-15-3-4-16-11/h1-5,9H,6,14H2,(H,15,16). The van der Waals surface area contributed by atoms with E-state index in [-0.39, 0.29) is 5.92 Å². The number of aromatic amines is 1. The van der Waals surface area contributed by atoms with E-state index in [1.54, 1.807) is 24.5 Å². The molecule has 0 aliphatic heterocycles. The second-order valence-electron chi connectivity index (χ2n) is 3.43. The van der Waals surface area contributed by atoms with Crippen LogP contribution in [0.15, 0.2) is 30.6 Å². The Morgan fingerprint density at radius 1 is 1.38 bits per heavy atom. The minimum Gasteiger partial charge on any atom is -0.348 e. The lowest BCUT2D eigenvalue weighted by molar-refractivity contribution is 0.765. The lowest BCUT2D eigenvalue weighted by atomic mass is 9.98. The number of hydrogen-bond acceptors (Lipinski definition) is 2. The molecule has 2 rings (SSSR count). The Morgan fingerprint density at radius 2 is 2.19 bits per heavy atom. The van der Waals surface area contributed by atoms with Crippen molar-refractivity contribution in [1.82, 2.24) is 9.97 Å². The third-order valence-corrected chi connectivity index (χ3v) is 2.99. The van der Waals surface area contributed by atoms with Crippen molar-refractivity contribution in [1.29, 1.82) is 0 Å². The second kappa shape index (κ2) is 4.87. The zero-order valence-corrected chi connectivity index (χ0v) is 9.96. The molecule has 16 heavy (non-hydrogen) atoms. The topological polar surface area (TPSA) is 54.7 Å². The van der Waals surface area contributed by atoms with E-state index in [4.69, 9.17) is 28.9 Å². The first-order valence-corrected chi connectivity index (χ1v) is 5.62. The molecule has 1 unspecified atom stereocenters. The lowest BCUT2D eigenvalue weighted by Crippen LogP contribution is -2.15. The largest absolute Gasteiger partial charge is 0.348 e. The molecule has 0 saturated heterocycles. The van der Waals surface area contributed by atoms with Crippen LogP contribution < -0.4 is 5.73 Å². The van der Waals surface area contributed by atoms with Crippen LogP contribution in [0.5, 0.6) is 0 Å². The average Bonchev–Trinajstić information content (AvgIpc) is 2.75. The first-order valence-electron chi connectivity index (χ1n) is 4.86. The molecular formula is C11H11Cl2N3. The minimum absolute atomic E-state index is 0.0280. The molecule has 0 saturated carbocycles. The van der Waals surface area contributed by atoms with Crippen LogP contribution in [0.25, 0.3) is 0 Å². The summed E-state index contributed by atoms with van der Waals surface area (Å²) < 4.78 is 0. The Hall–Kier alpha value is -1.03. The Morgan fingerprint density at radius 3 is 2.75 bits per heavy atom. The summed E-state index contributed by atoms with van der Waals surface area (Å²) in [5.41, 5.74) is 6.69. The second-order valence-corrected chi connectivity index (χ2v) is 4.27. The van der Waals surface area contributed by atoms with Crippen molar-refractivity contribution in [3.05, 3.63) is 52.0 Å². The van der Waals surface area contributed by atoms with Crippen molar-refractivity contribution in [3.63, 3.8) is 0 Å². The van der Waals surface area contributed by atoms with Crippen molar-refractivity contribution < 1.29 is 0 Å². The fourth-order valence-corrected chi connectivity index (χ4v) is 2.18. The van der Waals surface area contributed by atoms with Crippen LogP contribution in [0.1, 0.15) is 17.3 Å². The normalized spacial score (nSPS) is 12.7. The third-order valence-electron chi connectivity index (χ3n) is 2.42. The van der Waals surface area contributed by atoms with Gasteiger partial charge in [-0.25, -0.2) is 4.98 Å². The van der Waals surface area contributed by atoms with Gasteiger partial charge < -0.3 is 10.7 Å². The molecule has 0 amide bonds. The number of aromatic nitrogens is 2. The summed E-state index contributed by atoms with van der Waals surface area (Å²) in [6.45, 7) is 0.439. The van der Waals surface area contributed by atoms with E-state index < -0.39 is 0 Å². The maximum atomic E-state index is 6.14. The van der Waals surface area contributed by atoms with Gasteiger partial charge in [-0.15, -0.1) is 0 Å². The highest BCUT2D eigenvalue weighted by atomic mass is 35.5. The molecule has 1 atom stereocenters. The van der Waals surface area contributed by atoms with Gasteiger partial charge in [-0.2, -0.15) is 0 Å². The molecule has 1 aromatic carbocycles. The molecule has 1 heterocycles. The van der Waals surface area contributed by atoms with Crippen molar-refractivity contribution in [2.24, 2.45) is 5.73 Å². The number of nitrogens with zero attached hydrogens (tertiary/aromatic N) is 1. The van der Waals surface area contributed by atoms with Gasteiger partial charge in [0.2, 0.25) is 0 Å². The summed E-state index contributed by atoms with van der Waals surface area (Å²) in [6.07, 6.45) is 3.46. The van der Waals surface area contributed by atoms with Gasteiger partial charge in [-0.1, -0.05) is 29.3 Å². The van der Waals surface area contributed by atoms with Crippen LogP contribution >= 0.6 is 23.2 Å². The summed E-state index contributed by atoms with van der Waals surface area (Å²) in [7, 11) is 0. The first-order chi connectivity index (χ1) is 7.72. The van der Waals surface area contributed by atoms with Gasteiger partial charge in [-0.3, -0.25) is 0 Å². The average molecular weight is 256 g/mol. The Balaban J connectivity index is 2.41. The smallest absolute Gasteiger partial charge is 0.114 e. The van der Waals surface area contributed by atoms with Crippen LogP contribution in [0.2, 0.25) is 10.0 Å². The van der Waals surface area contributed by atoms with Crippen LogP contribution in [0.3, 0.4) is 0 Å². The fourth-order valence-electron chi connectivity index (χ4n) is 1.64. The van der Waals surface area contributed by atoms with E-state index in [0.29, 0.717) is 16.6 Å². The number of rotatable bonds is 3. The molecule has 2 aromatic rings. The molecule has 0 aliphatic carbocycles. The van der Waals surface area contributed by atoms with Gasteiger partial charge >= 0.3 is 0 Å². The molecule has 1 aromatic heterocycles. The predicted molar refractivity (Wildman–Crippen MR) is 65.9 cm³/mol. The zero-order valence-electron chi connectivity index (χ0n) is 8.45. The molecule has 0 fully saturated rings. The Kier molecular flexibility index (Phi) is 3.49. The van der Waals surface area contributed by atoms with E-state index in [1.807, 2.05) is 6.07 Å². The van der Waals surface area contributed by atoms with E-state index in [9.17, 15) is 0 Å². The molecule has 3 N–H and O–H groups in total. The summed E-state index contributed by atoms with van der Waals surface area (Å²) in [6, 6.07) is 5.39. The molecule has 0 bridgehead atoms. The van der Waals surface area contributed by atoms with E-state index in [1.165, 1.54) is 0 Å². The van der Waals surface area contributed by atoms with Crippen molar-refractivity contribution >= 4 is 23.2 Å². The number of benzene rings is 1. The highest BCUT2D eigenvalue weighted by Gasteiger charge is 2.17. The highest BCUT2D eigenvalue weighted by molar-refractivity contribution is 6.35. The van der Waals surface area contributed by atoms with Gasteiger partial charge in [0.15, 0.2) is 0 Å². The Bertz CT molecular complexity index is 468. The van der Waals surface area contributed by atoms with Crippen molar-refractivity contribution in [2.45, 2.75) is 5.92 Å². The summed E-state index contributed by atoms with van der Waals surface area (Å²) >= 11 is 12.0. The van der Waals surface area contributed by atoms with E-state index in [2.05, 4.69) is 9.97 Å². The molecule has 0 spiro atoms. The van der Waals surface area contributed by atoms with Crippen LogP contribution in [0, 0.1) is 0 Å². The van der Waals surface area contributed by atoms with Crippen molar-refractivity contribution in [2.75, 3.05) is 6.54 Å². The molecule has 5 heteroatoms. The number of hydrogen-bond donors (Lipinski definition) is 2. The minimum atomic E-state index is -0.0280. The predicted octanol–water partition coefficient (Wildman–Crippen LogP) is 2.81. The van der Waals surface area contributed by atoms with Crippen LogP contribution in [-0.2, 0) is 0 Å². The number of imidazole rings is 1. The zero-order chi connectivity index (χ0) is 11.5. The first kappa shape index (κ1) is 11.5. The number of halogens is 2. The van der Waals surface area contributed by atoms with Gasteiger partial charge in [0.05, 0.1) is 5.92 Å². The summed E-state index contributed by atoms with van der Waals surface area (Å²) in [5.74, 6) is 0.784. The fraction of sp³-hybridized carbons (Fsp3) is 0.182. The van der Waals surface area contributed by atoms with Crippen molar-refractivity contribution in [3.8, 4) is 0 Å². The highest BCUT2D eigenvalue weighted by Crippen LogP contribution is 2.29. The van der Waals surface area contributed by atoms with E-state index in [0.717, 1.165) is 11.4 Å². The molecule has 0 aliphatic rings. The monoisotopic (exact) mass is 255 g/mol. The van der Waals surface area contributed by atoms with Crippen LogP contribution in [-0.4, -0.2) is 16.5 Å². The van der Waals surface area contributed by atoms with Gasteiger partial charge in [0.25, 0.3) is 0 Å². The lowest BCUT2D eigenvalue weighted by Gasteiger charge is -2.14. The SMILES string of the molecule is NCC(c1ncc[nH]1)c1ccc(Cl)cc1Cl. The third kappa shape index (κ3) is 2.21. The van der Waals surface area contributed by atoms with E-state index >= 15 is 0 Å². The molecular weight excluding hydrogens is 245 g/mol. The Labute approximate surface area is 104 Å². The number of nitrogens with one attached hydrogen (secondary N) is 1. The maximum absolute atomic E-state index is 6.14. The summed E-state index contributed by atoms with van der Waals surface area (Å²) in [4.78, 5) is 7.25. The molecule has 3 nitrogen and oxygen atoms in total. The van der Waals surface area contributed by atoms with Crippen LogP contribution in [0.4, 0.5) is 0 Å². The van der Waals surface area contributed by atoms with Gasteiger partial charge in [0.1, 0.15) is 5.82 Å². The molecule has 0 radical (unpaired) electrons. The van der Waals surface area contributed by atoms with Gasteiger partial charge in [0, 0.05) is 29.0 Å². The quantitative estimate of drug-likeness (QED) is 0.887. The maximum Gasteiger partial charge on any atom is 0.114 e. The number of H-pyrrole nitrogens is 1. The van der Waals surface area contributed by atoms with Gasteiger partial charge in [-0.05, 0) is 17.7 Å². The number of nitrogens with two attached hydrogens (primary N) is 1. The summed E-state index contributed by atoms with van der Waals surface area (Å²) in [5, 5.41) is 1.23.